The molecule has 2 amide bonds. The zero-order valence-electron chi connectivity index (χ0n) is 12.8. The third-order valence-electron chi connectivity index (χ3n) is 4.57. The molecule has 5 nitrogen and oxygen atoms in total. The first-order valence-electron chi connectivity index (χ1n) is 7.55. The lowest BCUT2D eigenvalue weighted by atomic mass is 9.98. The quantitative estimate of drug-likeness (QED) is 0.819. The second kappa shape index (κ2) is 6.45. The van der Waals surface area contributed by atoms with E-state index in [0.717, 1.165) is 0 Å². The van der Waals surface area contributed by atoms with Gasteiger partial charge in [-0.1, -0.05) is 17.7 Å². The van der Waals surface area contributed by atoms with Crippen LogP contribution in [0.5, 0.6) is 0 Å². The maximum absolute atomic E-state index is 13.8. The van der Waals surface area contributed by atoms with Crippen LogP contribution in [0.3, 0.4) is 0 Å². The van der Waals surface area contributed by atoms with E-state index >= 15 is 0 Å². The molecule has 2 heterocycles. The number of carbonyl (C=O) groups is 2. The number of amides is 2. The number of rotatable bonds is 2. The van der Waals surface area contributed by atoms with Crippen LogP contribution >= 0.6 is 11.6 Å². The second-order valence-electron chi connectivity index (χ2n) is 5.93. The Labute approximate surface area is 138 Å². The number of likely N-dealkylation sites (tertiary alicyclic amines) is 1. The van der Waals surface area contributed by atoms with Gasteiger partial charge in [-0.15, -0.1) is 0 Å². The predicted octanol–water partition coefficient (Wildman–Crippen LogP) is 1.48. The van der Waals surface area contributed by atoms with E-state index in [0.29, 0.717) is 19.5 Å². The number of morpholine rings is 1. The van der Waals surface area contributed by atoms with Crippen molar-refractivity contribution >= 4 is 23.4 Å². The lowest BCUT2D eigenvalue weighted by Gasteiger charge is -2.45. The number of likely N-dealkylation sites (N-methyl/N-ethyl adjacent to an activating group) is 1. The van der Waals surface area contributed by atoms with Crippen LogP contribution in [0.1, 0.15) is 12.0 Å². The van der Waals surface area contributed by atoms with Gasteiger partial charge in [-0.25, -0.2) is 4.39 Å². The molecule has 0 aliphatic carbocycles. The number of carbonyl (C=O) groups excluding carboxylic acids is 2. The molecule has 2 aliphatic rings. The molecule has 0 bridgehead atoms. The Morgan fingerprint density at radius 3 is 3.00 bits per heavy atom. The van der Waals surface area contributed by atoms with Gasteiger partial charge in [0.05, 0.1) is 18.6 Å². The van der Waals surface area contributed by atoms with Gasteiger partial charge in [0.2, 0.25) is 11.8 Å². The molecule has 3 rings (SSSR count). The summed E-state index contributed by atoms with van der Waals surface area (Å²) >= 11 is 5.98. The largest absolute Gasteiger partial charge is 0.366 e. The lowest BCUT2D eigenvalue weighted by Crippen LogP contribution is -2.61. The van der Waals surface area contributed by atoms with Crippen LogP contribution in [0, 0.1) is 5.82 Å². The minimum absolute atomic E-state index is 0.0428. The summed E-state index contributed by atoms with van der Waals surface area (Å²) in [5.41, 5.74) is 0.214. The van der Waals surface area contributed by atoms with E-state index in [1.165, 1.54) is 12.1 Å². The van der Waals surface area contributed by atoms with Crippen molar-refractivity contribution in [3.05, 3.63) is 34.6 Å². The van der Waals surface area contributed by atoms with Gasteiger partial charge in [0.25, 0.3) is 0 Å². The molecule has 124 valence electrons. The Morgan fingerprint density at radius 2 is 2.26 bits per heavy atom. The number of fused-ring (bicyclic) bond motifs is 1. The molecule has 0 aromatic heterocycles. The zero-order valence-corrected chi connectivity index (χ0v) is 13.6. The van der Waals surface area contributed by atoms with Crippen molar-refractivity contribution in [2.75, 3.05) is 26.7 Å². The molecular weight excluding hydrogens is 323 g/mol. The van der Waals surface area contributed by atoms with Gasteiger partial charge in [0.1, 0.15) is 12.4 Å². The van der Waals surface area contributed by atoms with Crippen LogP contribution in [0.15, 0.2) is 18.2 Å². The number of benzene rings is 1. The average molecular weight is 341 g/mol. The van der Waals surface area contributed by atoms with Gasteiger partial charge in [-0.05, 0) is 18.6 Å². The Balaban J connectivity index is 1.70. The van der Waals surface area contributed by atoms with Crippen molar-refractivity contribution in [2.45, 2.75) is 25.0 Å². The van der Waals surface area contributed by atoms with E-state index in [4.69, 9.17) is 16.3 Å². The fraction of sp³-hybridized carbons (Fsp3) is 0.500. The van der Waals surface area contributed by atoms with E-state index in [9.17, 15) is 14.0 Å². The summed E-state index contributed by atoms with van der Waals surface area (Å²) < 4.78 is 19.4. The summed E-state index contributed by atoms with van der Waals surface area (Å²) in [5.74, 6) is -0.756. The van der Waals surface area contributed by atoms with Crippen molar-refractivity contribution in [2.24, 2.45) is 0 Å². The van der Waals surface area contributed by atoms with Crippen LogP contribution in [0.4, 0.5) is 4.39 Å². The first kappa shape index (κ1) is 16.2. The number of ether oxygens (including phenoxy) is 1. The summed E-state index contributed by atoms with van der Waals surface area (Å²) in [6.45, 7) is 1.03. The van der Waals surface area contributed by atoms with Gasteiger partial charge < -0.3 is 14.5 Å². The summed E-state index contributed by atoms with van der Waals surface area (Å²) in [6, 6.07) is 4.23. The van der Waals surface area contributed by atoms with Crippen LogP contribution in [0.2, 0.25) is 5.02 Å². The molecule has 0 N–H and O–H groups in total. The minimum atomic E-state index is -0.478. The standard InChI is InChI=1S/C16H18ClFN2O3/c1-19-13-8-20(6-5-14(13)23-9-16(19)22)15(21)7-10-11(17)3-2-4-12(10)18/h2-4,13-14H,5-9H2,1H3/t13-,14+/m0/s1. The van der Waals surface area contributed by atoms with E-state index in [2.05, 4.69) is 0 Å². The van der Waals surface area contributed by atoms with Crippen LogP contribution in [0.25, 0.3) is 0 Å². The summed E-state index contributed by atoms with van der Waals surface area (Å²) in [6.07, 6.45) is 0.541. The number of hydrogen-bond acceptors (Lipinski definition) is 3. The summed E-state index contributed by atoms with van der Waals surface area (Å²) in [4.78, 5) is 27.5. The molecule has 0 radical (unpaired) electrons. The highest BCUT2D eigenvalue weighted by Crippen LogP contribution is 2.25. The van der Waals surface area contributed by atoms with Crippen molar-refractivity contribution in [3.8, 4) is 0 Å². The van der Waals surface area contributed by atoms with Crippen molar-refractivity contribution in [1.29, 1.82) is 0 Å². The Kier molecular flexibility index (Phi) is 4.55. The molecule has 2 aliphatic heterocycles. The van der Waals surface area contributed by atoms with Crippen LogP contribution in [-0.4, -0.2) is 60.5 Å². The molecule has 1 aromatic carbocycles. The molecule has 2 atom stereocenters. The fourth-order valence-electron chi connectivity index (χ4n) is 3.13. The number of nitrogens with zero attached hydrogens (tertiary/aromatic N) is 2. The fourth-order valence-corrected chi connectivity index (χ4v) is 3.36. The number of halogens is 2. The molecule has 7 heteroatoms. The molecule has 0 unspecified atom stereocenters. The maximum atomic E-state index is 13.8. The highest BCUT2D eigenvalue weighted by Gasteiger charge is 2.39. The zero-order chi connectivity index (χ0) is 16.6. The first-order valence-corrected chi connectivity index (χ1v) is 7.93. The summed E-state index contributed by atoms with van der Waals surface area (Å²) in [7, 11) is 1.73. The third kappa shape index (κ3) is 3.19. The first-order chi connectivity index (χ1) is 11.0. The molecule has 0 spiro atoms. The van der Waals surface area contributed by atoms with Crippen molar-refractivity contribution in [1.82, 2.24) is 9.80 Å². The van der Waals surface area contributed by atoms with E-state index in [1.54, 1.807) is 22.9 Å². The van der Waals surface area contributed by atoms with E-state index in [-0.39, 0.29) is 47.6 Å². The SMILES string of the molecule is CN1C(=O)CO[C@@H]2CCN(C(=O)Cc3c(F)cccc3Cl)C[C@@H]21. The number of hydrogen-bond donors (Lipinski definition) is 0. The minimum Gasteiger partial charge on any atom is -0.366 e. The van der Waals surface area contributed by atoms with E-state index < -0.39 is 5.82 Å². The summed E-state index contributed by atoms with van der Waals surface area (Å²) in [5, 5.41) is 0.251. The number of piperidine rings is 1. The predicted molar refractivity (Wildman–Crippen MR) is 82.6 cm³/mol. The Hall–Kier alpha value is -1.66. The van der Waals surface area contributed by atoms with Gasteiger partial charge in [-0.3, -0.25) is 9.59 Å². The highest BCUT2D eigenvalue weighted by molar-refractivity contribution is 6.31. The van der Waals surface area contributed by atoms with Crippen LogP contribution in [-0.2, 0) is 20.7 Å². The molecule has 0 saturated carbocycles. The normalized spacial score (nSPS) is 24.6. The van der Waals surface area contributed by atoms with Gasteiger partial charge in [-0.2, -0.15) is 0 Å². The van der Waals surface area contributed by atoms with Crippen molar-refractivity contribution < 1.29 is 18.7 Å². The smallest absolute Gasteiger partial charge is 0.248 e. The van der Waals surface area contributed by atoms with E-state index in [1.807, 2.05) is 0 Å². The third-order valence-corrected chi connectivity index (χ3v) is 4.93. The van der Waals surface area contributed by atoms with Crippen molar-refractivity contribution in [3.63, 3.8) is 0 Å². The monoisotopic (exact) mass is 340 g/mol. The highest BCUT2D eigenvalue weighted by atomic mass is 35.5. The lowest BCUT2D eigenvalue weighted by molar-refractivity contribution is -0.163. The van der Waals surface area contributed by atoms with Gasteiger partial charge >= 0.3 is 0 Å². The van der Waals surface area contributed by atoms with Crippen LogP contribution < -0.4 is 0 Å². The molecule has 23 heavy (non-hydrogen) atoms. The topological polar surface area (TPSA) is 49.9 Å². The Morgan fingerprint density at radius 1 is 1.48 bits per heavy atom. The van der Waals surface area contributed by atoms with Gasteiger partial charge in [0.15, 0.2) is 0 Å². The van der Waals surface area contributed by atoms with Gasteiger partial charge in [0, 0.05) is 30.7 Å². The molecule has 1 aromatic rings. The maximum Gasteiger partial charge on any atom is 0.248 e. The second-order valence-corrected chi connectivity index (χ2v) is 6.33. The molecule has 2 saturated heterocycles. The molecule has 2 fully saturated rings. The Bertz CT molecular complexity index is 620. The average Bonchev–Trinajstić information content (AvgIpc) is 2.54. The molecular formula is C16H18ClFN2O3.